The quantitative estimate of drug-likeness (QED) is 0.899. The molecule has 1 aromatic heterocycles. The van der Waals surface area contributed by atoms with Gasteiger partial charge in [0, 0.05) is 29.7 Å². The molecule has 1 N–H and O–H groups in total. The molecule has 2 heterocycles. The van der Waals surface area contributed by atoms with Crippen molar-refractivity contribution in [3.05, 3.63) is 36.0 Å². The summed E-state index contributed by atoms with van der Waals surface area (Å²) in [5.41, 5.74) is 2.26. The number of aromatic nitrogens is 1. The zero-order valence-corrected chi connectivity index (χ0v) is 12.3. The van der Waals surface area contributed by atoms with Gasteiger partial charge in [-0.1, -0.05) is 24.6 Å². The van der Waals surface area contributed by atoms with Crippen LogP contribution in [0.1, 0.15) is 37.7 Å². The fourth-order valence-electron chi connectivity index (χ4n) is 4.31. The van der Waals surface area contributed by atoms with Gasteiger partial charge < -0.3 is 9.88 Å². The van der Waals surface area contributed by atoms with Gasteiger partial charge in [-0.25, -0.2) is 0 Å². The number of nitrogens with one attached hydrogen (secondary N) is 1. The number of piperidine rings is 1. The number of para-hydroxylation sites is 1. The minimum atomic E-state index is 0.316. The molecule has 2 aromatic rings. The number of fused-ring (bicyclic) bond motifs is 2. The first-order valence-corrected chi connectivity index (χ1v) is 8.17. The van der Waals surface area contributed by atoms with Crippen LogP contribution in [-0.2, 0) is 11.2 Å². The summed E-state index contributed by atoms with van der Waals surface area (Å²) in [6.07, 6.45) is 8.87. The standard InChI is InChI=1S/C18H22N2O/c21-18(20-10-4-6-13-5-3-9-17(13)20)11-14-12-19-16-8-2-1-7-15(14)16/h1-2,7-8,12-13,17,19H,3-6,9-11H2. The summed E-state index contributed by atoms with van der Waals surface area (Å²) in [4.78, 5) is 18.2. The number of hydrogen-bond acceptors (Lipinski definition) is 1. The van der Waals surface area contributed by atoms with Crippen molar-refractivity contribution in [2.24, 2.45) is 5.92 Å². The highest BCUT2D eigenvalue weighted by atomic mass is 16.2. The van der Waals surface area contributed by atoms with Crippen molar-refractivity contribution in [1.82, 2.24) is 9.88 Å². The highest BCUT2D eigenvalue weighted by Crippen LogP contribution is 2.37. The van der Waals surface area contributed by atoms with E-state index in [0.29, 0.717) is 18.4 Å². The van der Waals surface area contributed by atoms with Gasteiger partial charge >= 0.3 is 0 Å². The number of amides is 1. The third kappa shape index (κ3) is 2.25. The summed E-state index contributed by atoms with van der Waals surface area (Å²) in [7, 11) is 0. The zero-order chi connectivity index (χ0) is 14.2. The second-order valence-electron chi connectivity index (χ2n) is 6.52. The number of carbonyl (C=O) groups excluding carboxylic acids is 1. The van der Waals surface area contributed by atoms with E-state index in [1.165, 1.54) is 37.5 Å². The maximum Gasteiger partial charge on any atom is 0.227 e. The smallest absolute Gasteiger partial charge is 0.227 e. The van der Waals surface area contributed by atoms with Crippen LogP contribution in [0.2, 0.25) is 0 Å². The molecule has 1 aliphatic heterocycles. The summed E-state index contributed by atoms with van der Waals surface area (Å²) >= 11 is 0. The van der Waals surface area contributed by atoms with Crippen LogP contribution in [0, 0.1) is 5.92 Å². The molecule has 2 aliphatic rings. The molecule has 2 fully saturated rings. The molecule has 3 heteroatoms. The first-order chi connectivity index (χ1) is 10.3. The lowest BCUT2D eigenvalue weighted by Gasteiger charge is -2.38. The third-order valence-electron chi connectivity index (χ3n) is 5.33. The Labute approximate surface area is 125 Å². The number of nitrogens with zero attached hydrogens (tertiary/aromatic N) is 1. The molecule has 2 unspecified atom stereocenters. The second kappa shape index (κ2) is 5.21. The van der Waals surface area contributed by atoms with Crippen LogP contribution in [0.4, 0.5) is 0 Å². The average Bonchev–Trinajstić information content (AvgIpc) is 3.14. The molecule has 3 nitrogen and oxygen atoms in total. The van der Waals surface area contributed by atoms with Crippen molar-refractivity contribution in [2.75, 3.05) is 6.54 Å². The van der Waals surface area contributed by atoms with E-state index in [9.17, 15) is 4.79 Å². The Morgan fingerprint density at radius 3 is 3.00 bits per heavy atom. The molecule has 0 spiro atoms. The van der Waals surface area contributed by atoms with E-state index in [0.717, 1.165) is 23.5 Å². The van der Waals surface area contributed by atoms with Crippen LogP contribution in [0.3, 0.4) is 0 Å². The Morgan fingerprint density at radius 1 is 1.19 bits per heavy atom. The fraction of sp³-hybridized carbons (Fsp3) is 0.500. The Kier molecular flexibility index (Phi) is 3.21. The largest absolute Gasteiger partial charge is 0.361 e. The van der Waals surface area contributed by atoms with Crippen molar-refractivity contribution in [3.8, 4) is 0 Å². The molecule has 110 valence electrons. The van der Waals surface area contributed by atoms with Crippen molar-refractivity contribution in [1.29, 1.82) is 0 Å². The highest BCUT2D eigenvalue weighted by molar-refractivity contribution is 5.89. The van der Waals surface area contributed by atoms with Gasteiger partial charge in [0.25, 0.3) is 0 Å². The molecule has 0 radical (unpaired) electrons. The lowest BCUT2D eigenvalue weighted by Crippen LogP contribution is -2.46. The number of hydrogen-bond donors (Lipinski definition) is 1. The van der Waals surface area contributed by atoms with E-state index in [2.05, 4.69) is 22.0 Å². The maximum absolute atomic E-state index is 12.8. The number of H-pyrrole nitrogens is 1. The molecular formula is C18H22N2O. The highest BCUT2D eigenvalue weighted by Gasteiger charge is 2.37. The minimum Gasteiger partial charge on any atom is -0.361 e. The maximum atomic E-state index is 12.8. The second-order valence-corrected chi connectivity index (χ2v) is 6.52. The van der Waals surface area contributed by atoms with E-state index in [1.807, 2.05) is 18.3 Å². The van der Waals surface area contributed by atoms with E-state index < -0.39 is 0 Å². The van der Waals surface area contributed by atoms with E-state index in [1.54, 1.807) is 0 Å². The molecular weight excluding hydrogens is 260 g/mol. The van der Waals surface area contributed by atoms with Gasteiger partial charge in [-0.2, -0.15) is 0 Å². The number of aromatic amines is 1. The predicted molar refractivity (Wildman–Crippen MR) is 84.1 cm³/mol. The van der Waals surface area contributed by atoms with Gasteiger partial charge in [-0.05, 0) is 43.2 Å². The fourth-order valence-corrected chi connectivity index (χ4v) is 4.31. The van der Waals surface area contributed by atoms with Crippen molar-refractivity contribution in [3.63, 3.8) is 0 Å². The Morgan fingerprint density at radius 2 is 2.05 bits per heavy atom. The molecule has 0 bridgehead atoms. The zero-order valence-electron chi connectivity index (χ0n) is 12.3. The van der Waals surface area contributed by atoms with E-state index in [-0.39, 0.29) is 0 Å². The van der Waals surface area contributed by atoms with Crippen LogP contribution in [0.15, 0.2) is 30.5 Å². The van der Waals surface area contributed by atoms with Gasteiger partial charge in [0.1, 0.15) is 0 Å². The minimum absolute atomic E-state index is 0.316. The molecule has 1 amide bonds. The van der Waals surface area contributed by atoms with Crippen LogP contribution in [0.5, 0.6) is 0 Å². The first kappa shape index (κ1) is 12.9. The molecule has 1 aromatic carbocycles. The average molecular weight is 282 g/mol. The normalized spacial score (nSPS) is 25.2. The summed E-state index contributed by atoms with van der Waals surface area (Å²) in [6.45, 7) is 0.961. The number of rotatable bonds is 2. The lowest BCUT2D eigenvalue weighted by atomic mass is 9.91. The Balaban J connectivity index is 1.55. The number of likely N-dealkylation sites (tertiary alicyclic amines) is 1. The van der Waals surface area contributed by atoms with Crippen LogP contribution < -0.4 is 0 Å². The topological polar surface area (TPSA) is 36.1 Å². The van der Waals surface area contributed by atoms with Gasteiger partial charge in [0.2, 0.25) is 5.91 Å². The molecule has 1 aliphatic carbocycles. The predicted octanol–water partition coefficient (Wildman–Crippen LogP) is 3.50. The summed E-state index contributed by atoms with van der Waals surface area (Å²) in [6, 6.07) is 8.76. The SMILES string of the molecule is O=C(Cc1c[nH]c2ccccc12)N1CCCC2CCCC21. The van der Waals surface area contributed by atoms with Gasteiger partial charge in [0.15, 0.2) is 0 Å². The molecule has 1 saturated carbocycles. The first-order valence-electron chi connectivity index (χ1n) is 8.17. The van der Waals surface area contributed by atoms with Crippen molar-refractivity contribution in [2.45, 2.75) is 44.6 Å². The van der Waals surface area contributed by atoms with Gasteiger partial charge in [-0.3, -0.25) is 4.79 Å². The van der Waals surface area contributed by atoms with Crippen LogP contribution in [-0.4, -0.2) is 28.4 Å². The third-order valence-corrected chi connectivity index (χ3v) is 5.33. The summed E-state index contributed by atoms with van der Waals surface area (Å²) in [5, 5.41) is 1.19. The monoisotopic (exact) mass is 282 g/mol. The Bertz CT molecular complexity index is 660. The van der Waals surface area contributed by atoms with E-state index >= 15 is 0 Å². The molecule has 21 heavy (non-hydrogen) atoms. The van der Waals surface area contributed by atoms with Gasteiger partial charge in [0.05, 0.1) is 6.42 Å². The van der Waals surface area contributed by atoms with Gasteiger partial charge in [-0.15, -0.1) is 0 Å². The van der Waals surface area contributed by atoms with Crippen LogP contribution in [0.25, 0.3) is 10.9 Å². The number of benzene rings is 1. The van der Waals surface area contributed by atoms with E-state index in [4.69, 9.17) is 0 Å². The van der Waals surface area contributed by atoms with Crippen molar-refractivity contribution < 1.29 is 4.79 Å². The lowest BCUT2D eigenvalue weighted by molar-refractivity contribution is -0.135. The summed E-state index contributed by atoms with van der Waals surface area (Å²) in [5.74, 6) is 1.09. The molecule has 1 saturated heterocycles. The van der Waals surface area contributed by atoms with Crippen molar-refractivity contribution >= 4 is 16.8 Å². The van der Waals surface area contributed by atoms with Crippen LogP contribution >= 0.6 is 0 Å². The molecule has 4 rings (SSSR count). The summed E-state index contributed by atoms with van der Waals surface area (Å²) < 4.78 is 0. The number of carbonyl (C=O) groups is 1. The Hall–Kier alpha value is -1.77. The molecule has 2 atom stereocenters.